The lowest BCUT2D eigenvalue weighted by atomic mass is 10.1. The Balaban J connectivity index is 2.25. The molecule has 1 aromatic heterocycles. The number of nitrogens with zero attached hydrogens (tertiary/aromatic N) is 1. The maximum atomic E-state index is 11.4. The highest BCUT2D eigenvalue weighted by Crippen LogP contribution is 2.25. The Morgan fingerprint density at radius 3 is 2.89 bits per heavy atom. The highest BCUT2D eigenvalue weighted by molar-refractivity contribution is 7.84. The minimum atomic E-state index is -0.747. The zero-order valence-corrected chi connectivity index (χ0v) is 12.1. The minimum absolute atomic E-state index is 0.654. The van der Waals surface area contributed by atoms with Crippen LogP contribution in [-0.4, -0.2) is 27.2 Å². The van der Waals surface area contributed by atoms with Gasteiger partial charge in [-0.2, -0.15) is 0 Å². The van der Waals surface area contributed by atoms with Gasteiger partial charge in [-0.1, -0.05) is 6.92 Å². The second-order valence-electron chi connectivity index (χ2n) is 4.45. The maximum Gasteiger partial charge on any atom is 0.0727 e. The van der Waals surface area contributed by atoms with Crippen LogP contribution in [0.4, 0.5) is 11.4 Å². The second kappa shape index (κ2) is 6.02. The Morgan fingerprint density at radius 1 is 1.37 bits per heavy atom. The van der Waals surface area contributed by atoms with Crippen molar-refractivity contribution in [1.82, 2.24) is 4.98 Å². The Hall–Kier alpha value is -1.62. The third kappa shape index (κ3) is 3.44. The van der Waals surface area contributed by atoms with Crippen molar-refractivity contribution in [3.05, 3.63) is 30.0 Å². The zero-order chi connectivity index (χ0) is 13.8. The van der Waals surface area contributed by atoms with Crippen LogP contribution in [0.2, 0.25) is 0 Å². The van der Waals surface area contributed by atoms with E-state index in [0.29, 0.717) is 18.1 Å². The monoisotopic (exact) mass is 277 g/mol. The number of nitrogens with two attached hydrogens (primary N) is 1. The first-order valence-electron chi connectivity index (χ1n) is 6.36. The van der Waals surface area contributed by atoms with E-state index in [-0.39, 0.29) is 0 Å². The minimum Gasteiger partial charge on any atom is -0.399 e. The van der Waals surface area contributed by atoms with E-state index in [0.717, 1.165) is 28.0 Å². The van der Waals surface area contributed by atoms with E-state index in [1.165, 1.54) is 0 Å². The molecule has 0 saturated heterocycles. The maximum absolute atomic E-state index is 11.4. The summed E-state index contributed by atoms with van der Waals surface area (Å²) in [6.07, 6.45) is 0. The molecule has 0 bridgehead atoms. The van der Waals surface area contributed by atoms with Gasteiger partial charge in [0.1, 0.15) is 0 Å². The average Bonchev–Trinajstić information content (AvgIpc) is 2.39. The quantitative estimate of drug-likeness (QED) is 0.823. The number of fused-ring (bicyclic) bond motifs is 1. The predicted molar refractivity (Wildman–Crippen MR) is 82.9 cm³/mol. The smallest absolute Gasteiger partial charge is 0.0727 e. The van der Waals surface area contributed by atoms with Crippen molar-refractivity contribution in [3.8, 4) is 0 Å². The van der Waals surface area contributed by atoms with Crippen molar-refractivity contribution >= 4 is 33.1 Å². The van der Waals surface area contributed by atoms with Gasteiger partial charge in [-0.05, 0) is 31.2 Å². The standard InChI is InChI=1S/C14H19N3OS/c1-3-19(18)7-6-16-14-8-10(2)17-13-5-4-11(15)9-12(13)14/h4-5,8-9H,3,6-7,15H2,1-2H3,(H,16,17). The number of anilines is 2. The third-order valence-corrected chi connectivity index (χ3v) is 4.23. The largest absolute Gasteiger partial charge is 0.399 e. The van der Waals surface area contributed by atoms with Crippen molar-refractivity contribution < 1.29 is 4.21 Å². The van der Waals surface area contributed by atoms with Gasteiger partial charge in [0.25, 0.3) is 0 Å². The molecule has 1 unspecified atom stereocenters. The predicted octanol–water partition coefficient (Wildman–Crippen LogP) is 2.31. The lowest BCUT2D eigenvalue weighted by molar-refractivity contribution is 0.684. The van der Waals surface area contributed by atoms with Crippen LogP contribution in [0.1, 0.15) is 12.6 Å². The molecule has 0 aliphatic rings. The molecule has 0 amide bonds. The molecule has 0 saturated carbocycles. The number of nitrogens with one attached hydrogen (secondary N) is 1. The van der Waals surface area contributed by atoms with Crippen LogP contribution in [0.5, 0.6) is 0 Å². The molecule has 19 heavy (non-hydrogen) atoms. The van der Waals surface area contributed by atoms with Crippen molar-refractivity contribution in [1.29, 1.82) is 0 Å². The fraction of sp³-hybridized carbons (Fsp3) is 0.357. The highest BCUT2D eigenvalue weighted by Gasteiger charge is 2.05. The summed E-state index contributed by atoms with van der Waals surface area (Å²) in [5.41, 5.74) is 9.43. The lowest BCUT2D eigenvalue weighted by Crippen LogP contribution is -2.12. The van der Waals surface area contributed by atoms with Gasteiger partial charge in [0.2, 0.25) is 0 Å². The Morgan fingerprint density at radius 2 is 2.16 bits per heavy atom. The Bertz CT molecular complexity index is 613. The van der Waals surface area contributed by atoms with Gasteiger partial charge in [-0.3, -0.25) is 9.19 Å². The molecular weight excluding hydrogens is 258 g/mol. The SMILES string of the molecule is CCS(=O)CCNc1cc(C)nc2ccc(N)cc12. The summed E-state index contributed by atoms with van der Waals surface area (Å²) in [6, 6.07) is 7.69. The number of benzene rings is 1. The lowest BCUT2D eigenvalue weighted by Gasteiger charge is -2.11. The summed E-state index contributed by atoms with van der Waals surface area (Å²) in [5, 5.41) is 4.34. The fourth-order valence-corrected chi connectivity index (χ4v) is 2.58. The molecule has 1 aromatic carbocycles. The van der Waals surface area contributed by atoms with Crippen molar-refractivity contribution in [3.63, 3.8) is 0 Å². The average molecular weight is 277 g/mol. The van der Waals surface area contributed by atoms with Gasteiger partial charge in [0.05, 0.1) is 5.52 Å². The van der Waals surface area contributed by atoms with Crippen molar-refractivity contribution in [2.75, 3.05) is 29.1 Å². The van der Waals surface area contributed by atoms with E-state index in [1.807, 2.05) is 38.1 Å². The summed E-state index contributed by atoms with van der Waals surface area (Å²) >= 11 is 0. The van der Waals surface area contributed by atoms with E-state index in [2.05, 4.69) is 10.3 Å². The number of pyridine rings is 1. The molecule has 0 aliphatic carbocycles. The van der Waals surface area contributed by atoms with Gasteiger partial charge in [-0.25, -0.2) is 0 Å². The number of aromatic nitrogens is 1. The molecule has 2 aromatic rings. The molecule has 0 aliphatic heterocycles. The van der Waals surface area contributed by atoms with Crippen LogP contribution in [0, 0.1) is 6.92 Å². The van der Waals surface area contributed by atoms with Gasteiger partial charge in [0, 0.05) is 51.3 Å². The van der Waals surface area contributed by atoms with Crippen LogP contribution < -0.4 is 11.1 Å². The van der Waals surface area contributed by atoms with E-state index >= 15 is 0 Å². The number of aryl methyl sites for hydroxylation is 1. The zero-order valence-electron chi connectivity index (χ0n) is 11.3. The van der Waals surface area contributed by atoms with Crippen LogP contribution >= 0.6 is 0 Å². The molecular formula is C14H19N3OS. The molecule has 0 radical (unpaired) electrons. The van der Waals surface area contributed by atoms with Crippen molar-refractivity contribution in [2.45, 2.75) is 13.8 Å². The van der Waals surface area contributed by atoms with E-state index in [4.69, 9.17) is 5.73 Å². The van der Waals surface area contributed by atoms with Crippen LogP contribution in [0.15, 0.2) is 24.3 Å². The van der Waals surface area contributed by atoms with Gasteiger partial charge >= 0.3 is 0 Å². The van der Waals surface area contributed by atoms with E-state index in [9.17, 15) is 4.21 Å². The van der Waals surface area contributed by atoms with Gasteiger partial charge in [0.15, 0.2) is 0 Å². The van der Waals surface area contributed by atoms with Crippen LogP contribution in [0.25, 0.3) is 10.9 Å². The number of hydrogen-bond acceptors (Lipinski definition) is 4. The number of rotatable bonds is 5. The third-order valence-electron chi connectivity index (χ3n) is 2.93. The summed E-state index contributed by atoms with van der Waals surface area (Å²) in [6.45, 7) is 4.59. The molecule has 102 valence electrons. The summed E-state index contributed by atoms with van der Waals surface area (Å²) < 4.78 is 11.4. The summed E-state index contributed by atoms with van der Waals surface area (Å²) in [5.74, 6) is 1.35. The number of nitrogen functional groups attached to an aromatic ring is 1. The van der Waals surface area contributed by atoms with Crippen LogP contribution in [0.3, 0.4) is 0 Å². The first-order valence-corrected chi connectivity index (χ1v) is 7.84. The normalized spacial score (nSPS) is 12.5. The topological polar surface area (TPSA) is 68.0 Å². The fourth-order valence-electron chi connectivity index (χ4n) is 1.97. The van der Waals surface area contributed by atoms with Crippen molar-refractivity contribution in [2.24, 2.45) is 0 Å². The van der Waals surface area contributed by atoms with E-state index in [1.54, 1.807) is 0 Å². The molecule has 4 nitrogen and oxygen atoms in total. The van der Waals surface area contributed by atoms with Gasteiger partial charge < -0.3 is 11.1 Å². The first-order chi connectivity index (χ1) is 9.10. The molecule has 0 fully saturated rings. The molecule has 5 heteroatoms. The molecule has 1 atom stereocenters. The summed E-state index contributed by atoms with van der Waals surface area (Å²) in [4.78, 5) is 4.48. The molecule has 2 rings (SSSR count). The Kier molecular flexibility index (Phi) is 4.37. The number of hydrogen-bond donors (Lipinski definition) is 2. The molecule has 0 spiro atoms. The highest BCUT2D eigenvalue weighted by atomic mass is 32.2. The van der Waals surface area contributed by atoms with E-state index < -0.39 is 10.8 Å². The molecule has 1 heterocycles. The second-order valence-corrected chi connectivity index (χ2v) is 6.31. The molecule has 3 N–H and O–H groups in total. The Labute approximate surface area is 115 Å². The summed E-state index contributed by atoms with van der Waals surface area (Å²) in [7, 11) is -0.747. The van der Waals surface area contributed by atoms with Gasteiger partial charge in [-0.15, -0.1) is 0 Å². The van der Waals surface area contributed by atoms with Crippen LogP contribution in [-0.2, 0) is 10.8 Å². The first kappa shape index (κ1) is 13.8.